The third-order valence-electron chi connectivity index (χ3n) is 11.6. The number of benzene rings is 3. The van der Waals surface area contributed by atoms with Gasteiger partial charge in [-0.25, -0.2) is 4.98 Å². The quantitative estimate of drug-likeness (QED) is 0.0825. The number of aromatic nitrogens is 2. The second kappa shape index (κ2) is 20.6. The fourth-order valence-electron chi connectivity index (χ4n) is 8.13. The average molecular weight is 863 g/mol. The summed E-state index contributed by atoms with van der Waals surface area (Å²) in [5, 5.41) is 10.3. The number of hydrogen-bond acceptors (Lipinski definition) is 10. The maximum atomic E-state index is 14.1. The third-order valence-corrected chi connectivity index (χ3v) is 12.6. The van der Waals surface area contributed by atoms with Gasteiger partial charge in [0.25, 0.3) is 0 Å². The van der Waals surface area contributed by atoms with Crippen molar-refractivity contribution in [2.45, 2.75) is 106 Å². The molecule has 13 heteroatoms. The number of amides is 3. The molecule has 12 nitrogen and oxygen atoms in total. The first-order valence-electron chi connectivity index (χ1n) is 21.6. The topological polar surface area (TPSA) is 139 Å². The summed E-state index contributed by atoms with van der Waals surface area (Å²) in [4.78, 5) is 50.5. The summed E-state index contributed by atoms with van der Waals surface area (Å²) < 4.78 is 16.8. The van der Waals surface area contributed by atoms with Crippen molar-refractivity contribution in [1.82, 2.24) is 25.7 Å². The molecule has 0 aliphatic carbocycles. The summed E-state index contributed by atoms with van der Waals surface area (Å²) in [6.07, 6.45) is 3.81. The Morgan fingerprint density at radius 3 is 2.31 bits per heavy atom. The van der Waals surface area contributed by atoms with Gasteiger partial charge >= 0.3 is 0 Å². The number of rotatable bonds is 18. The number of ether oxygens (including phenoxy) is 2. The minimum Gasteiger partial charge on any atom is -0.497 e. The van der Waals surface area contributed by atoms with Gasteiger partial charge in [0.05, 0.1) is 34.9 Å². The van der Waals surface area contributed by atoms with E-state index in [1.807, 2.05) is 90.4 Å². The number of hydrogen-bond donors (Lipinski definition) is 2. The molecular formula is C49H62N6O6S. The van der Waals surface area contributed by atoms with Crippen molar-refractivity contribution >= 4 is 40.4 Å². The number of anilines is 2. The van der Waals surface area contributed by atoms with E-state index in [1.54, 1.807) is 23.3 Å². The summed E-state index contributed by atoms with van der Waals surface area (Å²) in [6.45, 7) is 17.2. The Balaban J connectivity index is 0.994. The van der Waals surface area contributed by atoms with Crippen LogP contribution in [0.1, 0.15) is 94.1 Å². The summed E-state index contributed by atoms with van der Waals surface area (Å²) in [7, 11) is 1.67. The molecule has 2 aromatic heterocycles. The van der Waals surface area contributed by atoms with Crippen LogP contribution in [-0.2, 0) is 19.1 Å². The molecule has 0 radical (unpaired) electrons. The number of aryl methyl sites for hydroxylation is 4. The Kier molecular flexibility index (Phi) is 15.2. The lowest BCUT2D eigenvalue weighted by Gasteiger charge is -2.35. The van der Waals surface area contributed by atoms with Crippen molar-refractivity contribution in [2.24, 2.45) is 5.41 Å². The first kappa shape index (κ1) is 46.0. The molecule has 6 rings (SSSR count). The van der Waals surface area contributed by atoms with Gasteiger partial charge in [0.15, 0.2) is 0 Å². The van der Waals surface area contributed by atoms with E-state index in [2.05, 4.69) is 62.9 Å². The number of likely N-dealkylation sites (tertiary alicyclic amines) is 1. The Hall–Kier alpha value is -5.53. The SMILES string of the molecule is COc1ccc(N(CCCCCOCC(=O)N[C@H](C(=O)N2CCC[C@H]2C(=O)N[C@@H](C)c2ccc(-c3scnc3C)cc2)C(C)(C)C)c2cc(-c3c(C)noc3C)ccc2C)cc1. The molecule has 1 fully saturated rings. The predicted molar refractivity (Wildman–Crippen MR) is 246 cm³/mol. The van der Waals surface area contributed by atoms with Crippen LogP contribution in [0.2, 0.25) is 0 Å². The highest BCUT2D eigenvalue weighted by Gasteiger charge is 2.42. The zero-order chi connectivity index (χ0) is 44.6. The molecule has 1 aliphatic rings. The number of methoxy groups -OCH3 is 1. The van der Waals surface area contributed by atoms with Gasteiger partial charge in [-0.15, -0.1) is 11.3 Å². The van der Waals surface area contributed by atoms with E-state index in [9.17, 15) is 14.4 Å². The van der Waals surface area contributed by atoms with Gasteiger partial charge < -0.3 is 34.4 Å². The molecule has 62 heavy (non-hydrogen) atoms. The molecule has 3 atom stereocenters. The zero-order valence-electron chi connectivity index (χ0n) is 37.7. The van der Waals surface area contributed by atoms with Crippen LogP contribution in [0.5, 0.6) is 5.75 Å². The molecule has 3 amide bonds. The second-order valence-corrected chi connectivity index (χ2v) is 18.2. The molecule has 3 aromatic carbocycles. The highest BCUT2D eigenvalue weighted by Crippen LogP contribution is 2.36. The minimum absolute atomic E-state index is 0.158. The van der Waals surface area contributed by atoms with E-state index >= 15 is 0 Å². The van der Waals surface area contributed by atoms with Crippen LogP contribution >= 0.6 is 11.3 Å². The van der Waals surface area contributed by atoms with Gasteiger partial charge in [-0.2, -0.15) is 0 Å². The Labute approximate surface area is 370 Å². The normalized spacial score (nSPS) is 15.0. The molecule has 0 unspecified atom stereocenters. The highest BCUT2D eigenvalue weighted by atomic mass is 32.1. The van der Waals surface area contributed by atoms with Crippen LogP contribution < -0.4 is 20.3 Å². The lowest BCUT2D eigenvalue weighted by atomic mass is 9.85. The molecule has 2 N–H and O–H groups in total. The van der Waals surface area contributed by atoms with Gasteiger partial charge in [0, 0.05) is 36.6 Å². The highest BCUT2D eigenvalue weighted by molar-refractivity contribution is 7.13. The first-order valence-corrected chi connectivity index (χ1v) is 22.5. The van der Waals surface area contributed by atoms with Crippen LogP contribution in [0.3, 0.4) is 0 Å². The largest absolute Gasteiger partial charge is 0.497 e. The predicted octanol–water partition coefficient (Wildman–Crippen LogP) is 9.43. The van der Waals surface area contributed by atoms with Gasteiger partial charge in [-0.3, -0.25) is 14.4 Å². The molecule has 5 aromatic rings. The van der Waals surface area contributed by atoms with Crippen LogP contribution in [0, 0.1) is 33.1 Å². The zero-order valence-corrected chi connectivity index (χ0v) is 38.5. The van der Waals surface area contributed by atoms with E-state index in [1.165, 1.54) is 0 Å². The van der Waals surface area contributed by atoms with Crippen LogP contribution in [-0.4, -0.2) is 78.3 Å². The maximum Gasteiger partial charge on any atom is 0.246 e. The molecule has 330 valence electrons. The molecule has 3 heterocycles. The van der Waals surface area contributed by atoms with Gasteiger partial charge in [0.2, 0.25) is 17.7 Å². The number of thiazole rings is 1. The smallest absolute Gasteiger partial charge is 0.246 e. The van der Waals surface area contributed by atoms with E-state index in [0.717, 1.165) is 92.8 Å². The molecule has 1 aliphatic heterocycles. The lowest BCUT2D eigenvalue weighted by molar-refractivity contribution is -0.144. The van der Waals surface area contributed by atoms with E-state index in [0.29, 0.717) is 26.0 Å². The Morgan fingerprint density at radius 2 is 1.66 bits per heavy atom. The van der Waals surface area contributed by atoms with Crippen molar-refractivity contribution in [3.05, 3.63) is 101 Å². The van der Waals surface area contributed by atoms with E-state index in [4.69, 9.17) is 14.0 Å². The van der Waals surface area contributed by atoms with Crippen LogP contribution in [0.15, 0.2) is 76.8 Å². The molecular weight excluding hydrogens is 801 g/mol. The van der Waals surface area contributed by atoms with Gasteiger partial charge in [-0.05, 0) is 125 Å². The second-order valence-electron chi connectivity index (χ2n) is 17.3. The summed E-state index contributed by atoms with van der Waals surface area (Å²) in [6, 6.07) is 21.0. The fraction of sp³-hybridized carbons (Fsp3) is 0.449. The molecule has 0 spiro atoms. The Morgan fingerprint density at radius 1 is 0.935 bits per heavy atom. The van der Waals surface area contributed by atoms with Gasteiger partial charge in [0.1, 0.15) is 30.2 Å². The lowest BCUT2D eigenvalue weighted by Crippen LogP contribution is -2.58. The summed E-state index contributed by atoms with van der Waals surface area (Å²) in [5.41, 5.74) is 10.5. The fourth-order valence-corrected chi connectivity index (χ4v) is 8.94. The number of nitrogens with one attached hydrogen (secondary N) is 2. The third kappa shape index (κ3) is 11.1. The Bertz CT molecular complexity index is 2280. The summed E-state index contributed by atoms with van der Waals surface area (Å²) >= 11 is 1.60. The van der Waals surface area contributed by atoms with Crippen molar-refractivity contribution in [2.75, 3.05) is 38.3 Å². The van der Waals surface area contributed by atoms with Crippen molar-refractivity contribution < 1.29 is 28.4 Å². The van der Waals surface area contributed by atoms with Crippen molar-refractivity contribution in [3.8, 4) is 27.3 Å². The molecule has 0 bridgehead atoms. The number of nitrogens with zero attached hydrogens (tertiary/aromatic N) is 4. The van der Waals surface area contributed by atoms with Crippen molar-refractivity contribution in [3.63, 3.8) is 0 Å². The number of carbonyl (C=O) groups excluding carboxylic acids is 3. The van der Waals surface area contributed by atoms with E-state index < -0.39 is 17.5 Å². The number of carbonyl (C=O) groups is 3. The monoisotopic (exact) mass is 862 g/mol. The minimum atomic E-state index is -0.823. The van der Waals surface area contributed by atoms with Gasteiger partial charge in [-0.1, -0.05) is 62.3 Å². The molecule has 0 saturated carbocycles. The van der Waals surface area contributed by atoms with Crippen molar-refractivity contribution in [1.29, 1.82) is 0 Å². The van der Waals surface area contributed by atoms with Crippen LogP contribution in [0.4, 0.5) is 11.4 Å². The van der Waals surface area contributed by atoms with E-state index in [-0.39, 0.29) is 30.4 Å². The number of unbranched alkanes of at least 4 members (excludes halogenated alkanes) is 2. The molecule has 1 saturated heterocycles. The summed E-state index contributed by atoms with van der Waals surface area (Å²) in [5.74, 6) is 0.775. The first-order chi connectivity index (χ1) is 29.7. The average Bonchev–Trinajstić information content (AvgIpc) is 4.01. The maximum absolute atomic E-state index is 14.1. The standard InChI is InChI=1S/C49H62N6O6S/c1-31-15-16-38(44-33(3)53-61-35(44)5)28-42(31)54(39-21-23-40(59-9)24-22-39)25-11-10-12-27-60-29-43(56)52-46(49(6,7)8)48(58)55-26-13-14-41(55)47(57)51-32(2)36-17-19-37(20-18-36)45-34(4)50-30-62-45/h15-24,28,30,32,41,46H,10-14,25-27,29H2,1-9H3,(H,51,57)(H,52,56)/t32-,41-,46+/m0/s1. The van der Waals surface area contributed by atoms with Crippen LogP contribution in [0.25, 0.3) is 21.6 Å².